The Hall–Kier alpha value is -2.03. The lowest BCUT2D eigenvalue weighted by Gasteiger charge is -2.14. The molecule has 0 saturated heterocycles. The van der Waals surface area contributed by atoms with Crippen molar-refractivity contribution in [1.29, 1.82) is 0 Å². The van der Waals surface area contributed by atoms with Crippen molar-refractivity contribution in [3.05, 3.63) is 39.9 Å². The zero-order chi connectivity index (χ0) is 12.3. The Morgan fingerprint density at radius 2 is 1.81 bits per heavy atom. The van der Waals surface area contributed by atoms with Gasteiger partial charge < -0.3 is 0 Å². The molecule has 0 aliphatic heterocycles. The molecule has 0 aliphatic rings. The van der Waals surface area contributed by atoms with Gasteiger partial charge in [0, 0.05) is 0 Å². The van der Waals surface area contributed by atoms with Crippen LogP contribution in [0.3, 0.4) is 0 Å². The first kappa shape index (κ1) is 12.0. The fraction of sp³-hybridized carbons (Fsp3) is 0.143. The quantitative estimate of drug-likeness (QED) is 0.489. The van der Waals surface area contributed by atoms with E-state index in [2.05, 4.69) is 4.94 Å². The van der Waals surface area contributed by atoms with Crippen molar-refractivity contribution in [2.45, 2.75) is 6.18 Å². The van der Waals surface area contributed by atoms with Crippen LogP contribution in [0, 0.1) is 10.1 Å². The summed E-state index contributed by atoms with van der Waals surface area (Å²) in [5, 5.41) is 8.96. The zero-order valence-corrected chi connectivity index (χ0v) is 7.64. The smallest absolute Gasteiger partial charge is 0.223 e. The Labute approximate surface area is 87.0 Å². The second kappa shape index (κ2) is 4.23. The standard InChI is InChI=1S/C7H6F3N3O3/c8-7(9,10)5-1-3-6(4-2-5)12(11)16-13(14)15/h1-4H,11H2. The molecule has 0 bridgehead atoms. The first-order chi connectivity index (χ1) is 7.30. The highest BCUT2D eigenvalue weighted by atomic mass is 19.4. The number of benzene rings is 1. The van der Waals surface area contributed by atoms with E-state index >= 15 is 0 Å². The number of alkyl halides is 3. The first-order valence-corrected chi connectivity index (χ1v) is 3.85. The highest BCUT2D eigenvalue weighted by molar-refractivity contribution is 5.44. The van der Waals surface area contributed by atoms with Crippen molar-refractivity contribution < 1.29 is 23.2 Å². The molecule has 0 fully saturated rings. The molecule has 9 heteroatoms. The van der Waals surface area contributed by atoms with Crippen LogP contribution in [0.25, 0.3) is 0 Å². The second-order valence-corrected chi connectivity index (χ2v) is 2.68. The highest BCUT2D eigenvalue weighted by Gasteiger charge is 2.30. The molecule has 0 aromatic heterocycles. The molecule has 1 aromatic carbocycles. The minimum absolute atomic E-state index is 0.0790. The Morgan fingerprint density at radius 1 is 1.31 bits per heavy atom. The van der Waals surface area contributed by atoms with Crippen LogP contribution in [0.2, 0.25) is 0 Å². The Kier molecular flexibility index (Phi) is 3.18. The molecule has 88 valence electrons. The van der Waals surface area contributed by atoms with Crippen LogP contribution >= 0.6 is 0 Å². The largest absolute Gasteiger partial charge is 0.416 e. The van der Waals surface area contributed by atoms with Crippen LogP contribution in [-0.4, -0.2) is 5.09 Å². The summed E-state index contributed by atoms with van der Waals surface area (Å²) in [4.78, 5) is 13.7. The van der Waals surface area contributed by atoms with Crippen molar-refractivity contribution in [3.8, 4) is 0 Å². The topological polar surface area (TPSA) is 81.6 Å². The van der Waals surface area contributed by atoms with E-state index in [0.717, 1.165) is 24.3 Å². The summed E-state index contributed by atoms with van der Waals surface area (Å²) in [7, 11) is 0. The molecule has 0 unspecified atom stereocenters. The van der Waals surface area contributed by atoms with Gasteiger partial charge in [-0.15, -0.1) is 15.3 Å². The number of nitrogens with two attached hydrogens (primary N) is 1. The monoisotopic (exact) mass is 237 g/mol. The van der Waals surface area contributed by atoms with Gasteiger partial charge in [0.15, 0.2) is 0 Å². The van der Waals surface area contributed by atoms with Gasteiger partial charge >= 0.3 is 11.3 Å². The average Bonchev–Trinajstić information content (AvgIpc) is 2.15. The van der Waals surface area contributed by atoms with Crippen molar-refractivity contribution in [3.63, 3.8) is 0 Å². The van der Waals surface area contributed by atoms with Gasteiger partial charge in [0.2, 0.25) is 0 Å². The van der Waals surface area contributed by atoms with Crippen LogP contribution in [0.1, 0.15) is 5.56 Å². The van der Waals surface area contributed by atoms with E-state index in [1.165, 1.54) is 0 Å². The predicted octanol–water partition coefficient (Wildman–Crippen LogP) is 1.51. The summed E-state index contributed by atoms with van der Waals surface area (Å²) in [6, 6.07) is 3.37. The van der Waals surface area contributed by atoms with E-state index in [0.29, 0.717) is 0 Å². The second-order valence-electron chi connectivity index (χ2n) is 2.68. The number of halogens is 3. The Balaban J connectivity index is 2.83. The minimum Gasteiger partial charge on any atom is -0.223 e. The summed E-state index contributed by atoms with van der Waals surface area (Å²) >= 11 is 0. The number of rotatable bonds is 3. The predicted molar refractivity (Wildman–Crippen MR) is 46.2 cm³/mol. The normalized spacial score (nSPS) is 11.0. The number of hydrogen-bond acceptors (Lipinski definition) is 5. The lowest BCUT2D eigenvalue weighted by atomic mass is 10.2. The number of anilines is 1. The molecular formula is C7H6F3N3O3. The maximum absolute atomic E-state index is 12.1. The van der Waals surface area contributed by atoms with Crippen molar-refractivity contribution in [2.75, 3.05) is 5.17 Å². The molecule has 0 radical (unpaired) electrons. The molecule has 0 amide bonds. The SMILES string of the molecule is NN(O[N+](=O)[O-])c1ccc(C(F)(F)F)cc1. The van der Waals surface area contributed by atoms with E-state index in [-0.39, 0.29) is 10.9 Å². The zero-order valence-electron chi connectivity index (χ0n) is 7.64. The molecule has 0 aliphatic carbocycles. The lowest BCUT2D eigenvalue weighted by Crippen LogP contribution is -2.33. The van der Waals surface area contributed by atoms with Crippen LogP contribution < -0.4 is 11.0 Å². The van der Waals surface area contributed by atoms with Gasteiger partial charge in [0.05, 0.1) is 11.3 Å². The first-order valence-electron chi connectivity index (χ1n) is 3.85. The molecule has 1 aromatic rings. The number of nitrogens with zero attached hydrogens (tertiary/aromatic N) is 2. The molecule has 6 nitrogen and oxygen atoms in total. The van der Waals surface area contributed by atoms with Gasteiger partial charge in [-0.1, -0.05) is 0 Å². The summed E-state index contributed by atoms with van der Waals surface area (Å²) in [6.45, 7) is 0. The van der Waals surface area contributed by atoms with E-state index in [4.69, 9.17) is 5.84 Å². The van der Waals surface area contributed by atoms with Crippen LogP contribution in [0.4, 0.5) is 18.9 Å². The molecule has 0 atom stereocenters. The van der Waals surface area contributed by atoms with Crippen molar-refractivity contribution in [1.82, 2.24) is 0 Å². The van der Waals surface area contributed by atoms with E-state index in [1.54, 1.807) is 0 Å². The molecule has 0 spiro atoms. The summed E-state index contributed by atoms with van der Waals surface area (Å²) < 4.78 is 36.4. The van der Waals surface area contributed by atoms with Gasteiger partial charge in [-0.2, -0.15) is 18.1 Å². The van der Waals surface area contributed by atoms with Gasteiger partial charge in [0.1, 0.15) is 0 Å². The van der Waals surface area contributed by atoms with E-state index in [9.17, 15) is 23.3 Å². The van der Waals surface area contributed by atoms with Crippen molar-refractivity contribution >= 4 is 5.69 Å². The third-order valence-corrected chi connectivity index (χ3v) is 1.60. The van der Waals surface area contributed by atoms with Crippen LogP contribution in [-0.2, 0) is 11.1 Å². The third-order valence-electron chi connectivity index (χ3n) is 1.60. The molecule has 1 rings (SSSR count). The molecular weight excluding hydrogens is 231 g/mol. The van der Waals surface area contributed by atoms with Crippen molar-refractivity contribution in [2.24, 2.45) is 5.84 Å². The highest BCUT2D eigenvalue weighted by Crippen LogP contribution is 2.30. The summed E-state index contributed by atoms with van der Waals surface area (Å²) in [5.41, 5.74) is -0.963. The van der Waals surface area contributed by atoms with Crippen LogP contribution in [0.15, 0.2) is 24.3 Å². The van der Waals surface area contributed by atoms with Gasteiger partial charge in [0.25, 0.3) is 0 Å². The summed E-state index contributed by atoms with van der Waals surface area (Å²) in [5.74, 6) is 5.04. The number of hydrogen-bond donors (Lipinski definition) is 1. The maximum Gasteiger partial charge on any atom is 0.416 e. The van der Waals surface area contributed by atoms with Gasteiger partial charge in [-0.25, -0.2) is 5.84 Å². The van der Waals surface area contributed by atoms with Crippen LogP contribution in [0.5, 0.6) is 0 Å². The molecule has 16 heavy (non-hydrogen) atoms. The lowest BCUT2D eigenvalue weighted by molar-refractivity contribution is -0.762. The minimum atomic E-state index is -4.47. The molecule has 0 heterocycles. The average molecular weight is 237 g/mol. The van der Waals surface area contributed by atoms with Gasteiger partial charge in [-0.05, 0) is 24.3 Å². The summed E-state index contributed by atoms with van der Waals surface area (Å²) in [6.07, 6.45) is -4.47. The molecule has 0 saturated carbocycles. The Bertz CT molecular complexity index is 379. The maximum atomic E-state index is 12.1. The third kappa shape index (κ3) is 2.98. The number of hydrazine groups is 1. The van der Waals surface area contributed by atoms with Gasteiger partial charge in [-0.3, -0.25) is 0 Å². The fourth-order valence-electron chi connectivity index (χ4n) is 0.916. The fourth-order valence-corrected chi connectivity index (χ4v) is 0.916. The molecule has 2 N–H and O–H groups in total. The van der Waals surface area contributed by atoms with E-state index in [1.807, 2.05) is 0 Å². The van der Waals surface area contributed by atoms with E-state index < -0.39 is 16.8 Å². The Morgan fingerprint density at radius 3 is 2.19 bits per heavy atom.